The summed E-state index contributed by atoms with van der Waals surface area (Å²) in [5.41, 5.74) is 2.05. The monoisotopic (exact) mass is 362 g/mol. The fourth-order valence-electron chi connectivity index (χ4n) is 2.59. The highest BCUT2D eigenvalue weighted by Gasteiger charge is 2.14. The van der Waals surface area contributed by atoms with Crippen LogP contribution in [-0.2, 0) is 19.4 Å². The molecule has 0 fully saturated rings. The summed E-state index contributed by atoms with van der Waals surface area (Å²) in [7, 11) is 1.71. The van der Waals surface area contributed by atoms with Gasteiger partial charge in [0.25, 0.3) is 0 Å². The Morgan fingerprint density at radius 2 is 2.12 bits per heavy atom. The number of halogens is 1. The zero-order valence-corrected chi connectivity index (χ0v) is 15.8. The van der Waals surface area contributed by atoms with Crippen molar-refractivity contribution >= 4 is 5.96 Å². The van der Waals surface area contributed by atoms with E-state index in [0.717, 1.165) is 29.9 Å². The molecule has 0 aliphatic carbocycles. The minimum atomic E-state index is -0.313. The van der Waals surface area contributed by atoms with E-state index in [1.165, 1.54) is 12.1 Å². The average molecular weight is 362 g/mol. The summed E-state index contributed by atoms with van der Waals surface area (Å²) >= 11 is 0. The molecule has 0 radical (unpaired) electrons. The number of guanidine groups is 1. The van der Waals surface area contributed by atoms with Crippen LogP contribution in [0.1, 0.15) is 37.8 Å². The summed E-state index contributed by atoms with van der Waals surface area (Å²) < 4.78 is 24.3. The van der Waals surface area contributed by atoms with Gasteiger partial charge in [0.05, 0.1) is 12.2 Å². The van der Waals surface area contributed by atoms with Gasteiger partial charge in [0.15, 0.2) is 5.96 Å². The largest absolute Gasteiger partial charge is 0.489 e. The minimum Gasteiger partial charge on any atom is -0.489 e. The summed E-state index contributed by atoms with van der Waals surface area (Å²) in [5, 5.41) is 10.6. The number of hydrogen-bond acceptors (Lipinski definition) is 4. The quantitative estimate of drug-likeness (QED) is 0.558. The Bertz CT molecular complexity index is 709. The molecule has 0 saturated heterocycles. The second kappa shape index (κ2) is 9.79. The summed E-state index contributed by atoms with van der Waals surface area (Å²) in [6.45, 7) is 7.13. The van der Waals surface area contributed by atoms with Crippen LogP contribution in [0.25, 0.3) is 0 Å². The highest BCUT2D eigenvalue weighted by atomic mass is 19.1. The second-order valence-electron chi connectivity index (χ2n) is 5.93. The Morgan fingerprint density at radius 1 is 1.31 bits per heavy atom. The van der Waals surface area contributed by atoms with Crippen molar-refractivity contribution in [1.29, 1.82) is 0 Å². The molecule has 7 heteroatoms. The third kappa shape index (κ3) is 5.47. The van der Waals surface area contributed by atoms with Crippen LogP contribution in [0.3, 0.4) is 0 Å². The Morgan fingerprint density at radius 3 is 2.77 bits per heavy atom. The minimum absolute atomic E-state index is 0.150. The average Bonchev–Trinajstić information content (AvgIpc) is 3.04. The van der Waals surface area contributed by atoms with Gasteiger partial charge in [-0.05, 0) is 25.5 Å². The van der Waals surface area contributed by atoms with Crippen molar-refractivity contribution in [3.05, 3.63) is 47.1 Å². The fraction of sp³-hybridized carbons (Fsp3) is 0.474. The van der Waals surface area contributed by atoms with Crippen molar-refractivity contribution in [3.8, 4) is 5.75 Å². The first-order valence-corrected chi connectivity index (χ1v) is 8.90. The van der Waals surface area contributed by atoms with Gasteiger partial charge < -0.3 is 19.9 Å². The molecular weight excluding hydrogens is 335 g/mol. The number of aromatic nitrogens is 1. The van der Waals surface area contributed by atoms with Crippen molar-refractivity contribution in [2.45, 2.75) is 46.3 Å². The maximum absolute atomic E-state index is 13.2. The number of nitrogens with zero attached hydrogens (tertiary/aromatic N) is 2. The van der Waals surface area contributed by atoms with Gasteiger partial charge in [-0.2, -0.15) is 0 Å². The number of nitrogens with one attached hydrogen (secondary N) is 2. The predicted molar refractivity (Wildman–Crippen MR) is 100.0 cm³/mol. The van der Waals surface area contributed by atoms with Crippen LogP contribution in [0.2, 0.25) is 0 Å². The van der Waals surface area contributed by atoms with E-state index in [4.69, 9.17) is 9.26 Å². The van der Waals surface area contributed by atoms with Gasteiger partial charge in [-0.25, -0.2) is 4.39 Å². The molecule has 0 saturated carbocycles. The highest BCUT2D eigenvalue weighted by Crippen LogP contribution is 2.15. The predicted octanol–water partition coefficient (Wildman–Crippen LogP) is 3.07. The molecule has 1 aromatic heterocycles. The normalized spacial score (nSPS) is 12.7. The van der Waals surface area contributed by atoms with E-state index in [0.29, 0.717) is 24.8 Å². The van der Waals surface area contributed by atoms with E-state index in [9.17, 15) is 4.39 Å². The third-order valence-electron chi connectivity index (χ3n) is 3.95. The topological polar surface area (TPSA) is 71.7 Å². The molecule has 0 aliphatic rings. The molecule has 1 atom stereocenters. The van der Waals surface area contributed by atoms with Crippen LogP contribution in [0.15, 0.2) is 33.8 Å². The number of benzene rings is 1. The van der Waals surface area contributed by atoms with Crippen molar-refractivity contribution in [3.63, 3.8) is 0 Å². The third-order valence-corrected chi connectivity index (χ3v) is 3.95. The van der Waals surface area contributed by atoms with E-state index in [1.54, 1.807) is 19.2 Å². The number of hydrogen-bond donors (Lipinski definition) is 2. The van der Waals surface area contributed by atoms with Gasteiger partial charge in [-0.1, -0.05) is 25.1 Å². The van der Waals surface area contributed by atoms with Crippen molar-refractivity contribution < 1.29 is 13.7 Å². The Hall–Kier alpha value is -2.57. The van der Waals surface area contributed by atoms with Gasteiger partial charge in [-0.15, -0.1) is 0 Å². The first-order chi connectivity index (χ1) is 12.6. The maximum Gasteiger partial charge on any atom is 0.191 e. The molecule has 0 bridgehead atoms. The van der Waals surface area contributed by atoms with Gasteiger partial charge in [0.2, 0.25) is 0 Å². The molecular formula is C19H27FN4O2. The molecule has 0 aliphatic heterocycles. The lowest BCUT2D eigenvalue weighted by Gasteiger charge is -2.18. The molecule has 1 unspecified atom stereocenters. The molecule has 2 N–H and O–H groups in total. The number of aliphatic imine (C=N–C) groups is 1. The number of rotatable bonds is 8. The lowest BCUT2D eigenvalue weighted by Crippen LogP contribution is -2.41. The first-order valence-electron chi connectivity index (χ1n) is 8.90. The SMILES string of the molecule is CCc1noc(CC)c1CNC(=NC)NCC(C)Oc1cccc(F)c1. The van der Waals surface area contributed by atoms with E-state index in [-0.39, 0.29) is 11.9 Å². The molecule has 26 heavy (non-hydrogen) atoms. The van der Waals surface area contributed by atoms with Gasteiger partial charge in [0.1, 0.15) is 23.4 Å². The summed E-state index contributed by atoms with van der Waals surface area (Å²) in [6, 6.07) is 6.12. The van der Waals surface area contributed by atoms with Gasteiger partial charge in [-0.3, -0.25) is 4.99 Å². The van der Waals surface area contributed by atoms with E-state index < -0.39 is 0 Å². The van der Waals surface area contributed by atoms with E-state index >= 15 is 0 Å². The number of aryl methyl sites for hydroxylation is 2. The van der Waals surface area contributed by atoms with Crippen LogP contribution >= 0.6 is 0 Å². The fourth-order valence-corrected chi connectivity index (χ4v) is 2.59. The lowest BCUT2D eigenvalue weighted by molar-refractivity contribution is 0.223. The molecule has 2 rings (SSSR count). The molecule has 1 aromatic carbocycles. The Labute approximate surface area is 153 Å². The standard InChI is InChI=1S/C19H27FN4O2/c1-5-17-16(18(6-2)26-24-17)12-23-19(21-4)22-11-13(3)25-15-9-7-8-14(20)10-15/h7-10,13H,5-6,11-12H2,1-4H3,(H2,21,22,23). The first kappa shape index (κ1) is 19.8. The zero-order valence-electron chi connectivity index (χ0n) is 15.8. The van der Waals surface area contributed by atoms with E-state index in [1.807, 2.05) is 13.8 Å². The summed E-state index contributed by atoms with van der Waals surface area (Å²) in [6.07, 6.45) is 1.47. The van der Waals surface area contributed by atoms with Crippen molar-refractivity contribution in [2.24, 2.45) is 4.99 Å². The zero-order chi connectivity index (χ0) is 18.9. The van der Waals surface area contributed by atoms with Crippen molar-refractivity contribution in [2.75, 3.05) is 13.6 Å². The van der Waals surface area contributed by atoms with Crippen molar-refractivity contribution in [1.82, 2.24) is 15.8 Å². The van der Waals surface area contributed by atoms with Crippen LogP contribution in [0, 0.1) is 5.82 Å². The number of ether oxygens (including phenoxy) is 1. The van der Waals surface area contributed by atoms with E-state index in [2.05, 4.69) is 27.7 Å². The molecule has 6 nitrogen and oxygen atoms in total. The van der Waals surface area contributed by atoms with Crippen LogP contribution in [0.5, 0.6) is 5.75 Å². The molecule has 0 spiro atoms. The molecule has 2 aromatic rings. The van der Waals surface area contributed by atoms with Crippen LogP contribution in [-0.4, -0.2) is 30.8 Å². The highest BCUT2D eigenvalue weighted by molar-refractivity contribution is 5.79. The second-order valence-corrected chi connectivity index (χ2v) is 5.93. The molecule has 1 heterocycles. The maximum atomic E-state index is 13.2. The molecule has 142 valence electrons. The summed E-state index contributed by atoms with van der Waals surface area (Å²) in [4.78, 5) is 4.22. The molecule has 0 amide bonds. The van der Waals surface area contributed by atoms with Gasteiger partial charge >= 0.3 is 0 Å². The Kier molecular flexibility index (Phi) is 7.44. The smallest absolute Gasteiger partial charge is 0.191 e. The summed E-state index contributed by atoms with van der Waals surface area (Å²) in [5.74, 6) is 1.75. The lowest BCUT2D eigenvalue weighted by atomic mass is 10.1. The van der Waals surface area contributed by atoms with Crippen LogP contribution in [0.4, 0.5) is 4.39 Å². The van der Waals surface area contributed by atoms with Crippen LogP contribution < -0.4 is 15.4 Å². The van der Waals surface area contributed by atoms with Gasteiger partial charge in [0, 0.05) is 31.6 Å². The Balaban J connectivity index is 1.85.